The highest BCUT2D eigenvalue weighted by molar-refractivity contribution is 5.92. The molecular formula is C21H27N3O2. The lowest BCUT2D eigenvalue weighted by atomic mass is 10.0. The summed E-state index contributed by atoms with van der Waals surface area (Å²) in [5.74, 6) is -0.122. The largest absolute Gasteiger partial charge is 0.338 e. The van der Waals surface area contributed by atoms with E-state index < -0.39 is 0 Å². The van der Waals surface area contributed by atoms with Gasteiger partial charge in [0.1, 0.15) is 0 Å². The van der Waals surface area contributed by atoms with Gasteiger partial charge in [0, 0.05) is 44.5 Å². The van der Waals surface area contributed by atoms with Crippen molar-refractivity contribution < 1.29 is 9.59 Å². The minimum absolute atomic E-state index is 0.0511. The summed E-state index contributed by atoms with van der Waals surface area (Å²) < 4.78 is 0. The molecule has 26 heavy (non-hydrogen) atoms. The Bertz CT molecular complexity index is 722. The fourth-order valence-corrected chi connectivity index (χ4v) is 2.90. The maximum atomic E-state index is 12.5. The van der Waals surface area contributed by atoms with Crippen LogP contribution in [-0.4, -0.2) is 28.2 Å². The smallest absolute Gasteiger partial charge is 0.226 e. The number of hydrogen-bond donors (Lipinski definition) is 1. The zero-order valence-electron chi connectivity index (χ0n) is 15.8. The van der Waals surface area contributed by atoms with Crippen LogP contribution < -0.4 is 5.32 Å². The Morgan fingerprint density at radius 3 is 2.31 bits per heavy atom. The van der Waals surface area contributed by atoms with E-state index in [1.54, 1.807) is 17.3 Å². The van der Waals surface area contributed by atoms with Crippen molar-refractivity contribution in [1.29, 1.82) is 0 Å². The fraction of sp³-hybridized carbons (Fsp3) is 0.381. The summed E-state index contributed by atoms with van der Waals surface area (Å²) in [6.07, 6.45) is 5.43. The average molecular weight is 353 g/mol. The van der Waals surface area contributed by atoms with Gasteiger partial charge < -0.3 is 10.2 Å². The lowest BCUT2D eigenvalue weighted by Gasteiger charge is -2.21. The molecule has 2 aromatic rings. The predicted octanol–water partition coefficient (Wildman–Crippen LogP) is 3.58. The van der Waals surface area contributed by atoms with Gasteiger partial charge in [-0.1, -0.05) is 38.1 Å². The SMILES string of the molecule is CCc1cccc(CC)c1NC(=O)CCN(Cc1cccnc1)C(C)=O. The first-order valence-electron chi connectivity index (χ1n) is 9.10. The Morgan fingerprint density at radius 1 is 1.08 bits per heavy atom. The molecule has 1 aromatic carbocycles. The summed E-state index contributed by atoms with van der Waals surface area (Å²) >= 11 is 0. The number of hydrogen-bond acceptors (Lipinski definition) is 3. The molecule has 0 spiro atoms. The average Bonchev–Trinajstić information content (AvgIpc) is 2.65. The van der Waals surface area contributed by atoms with Crippen molar-refractivity contribution in [1.82, 2.24) is 9.88 Å². The Labute approximate surface area is 155 Å². The molecule has 1 N–H and O–H groups in total. The van der Waals surface area contributed by atoms with Gasteiger partial charge in [-0.2, -0.15) is 0 Å². The van der Waals surface area contributed by atoms with Crippen LogP contribution in [0, 0.1) is 0 Å². The Kier molecular flexibility index (Phi) is 7.33. The van der Waals surface area contributed by atoms with Crippen LogP contribution in [0.1, 0.15) is 43.9 Å². The van der Waals surface area contributed by atoms with Gasteiger partial charge in [-0.25, -0.2) is 0 Å². The normalized spacial score (nSPS) is 10.4. The molecule has 0 aliphatic rings. The first-order chi connectivity index (χ1) is 12.5. The van der Waals surface area contributed by atoms with Crippen molar-refractivity contribution in [2.24, 2.45) is 0 Å². The van der Waals surface area contributed by atoms with E-state index in [0.29, 0.717) is 13.1 Å². The molecule has 0 atom stereocenters. The summed E-state index contributed by atoms with van der Waals surface area (Å²) in [7, 11) is 0. The number of amides is 2. The monoisotopic (exact) mass is 353 g/mol. The molecule has 0 unspecified atom stereocenters. The molecule has 1 heterocycles. The molecular weight excluding hydrogens is 326 g/mol. The lowest BCUT2D eigenvalue weighted by Crippen LogP contribution is -2.31. The topological polar surface area (TPSA) is 62.3 Å². The summed E-state index contributed by atoms with van der Waals surface area (Å²) in [5, 5.41) is 3.05. The first-order valence-corrected chi connectivity index (χ1v) is 9.10. The van der Waals surface area contributed by atoms with E-state index in [9.17, 15) is 9.59 Å². The molecule has 5 heteroatoms. The maximum absolute atomic E-state index is 12.5. The zero-order valence-corrected chi connectivity index (χ0v) is 15.8. The molecule has 2 amide bonds. The quantitative estimate of drug-likeness (QED) is 0.789. The van der Waals surface area contributed by atoms with Crippen molar-refractivity contribution in [2.45, 2.75) is 46.6 Å². The van der Waals surface area contributed by atoms with Gasteiger partial charge in [-0.3, -0.25) is 14.6 Å². The van der Waals surface area contributed by atoms with E-state index in [4.69, 9.17) is 0 Å². The molecule has 138 valence electrons. The Hall–Kier alpha value is -2.69. The van der Waals surface area contributed by atoms with Gasteiger partial charge in [-0.15, -0.1) is 0 Å². The second-order valence-electron chi connectivity index (χ2n) is 6.26. The molecule has 0 saturated carbocycles. The first kappa shape index (κ1) is 19.6. The number of carbonyl (C=O) groups excluding carboxylic acids is 2. The van der Waals surface area contributed by atoms with Gasteiger partial charge in [-0.05, 0) is 35.6 Å². The Balaban J connectivity index is 2.00. The van der Waals surface area contributed by atoms with E-state index in [-0.39, 0.29) is 18.2 Å². The number of nitrogens with one attached hydrogen (secondary N) is 1. The van der Waals surface area contributed by atoms with Crippen molar-refractivity contribution in [3.05, 3.63) is 59.4 Å². The van der Waals surface area contributed by atoms with Crippen molar-refractivity contribution in [3.63, 3.8) is 0 Å². The van der Waals surface area contributed by atoms with E-state index in [0.717, 1.165) is 35.2 Å². The van der Waals surface area contributed by atoms with Crippen LogP contribution in [0.4, 0.5) is 5.69 Å². The highest BCUT2D eigenvalue weighted by Gasteiger charge is 2.14. The Morgan fingerprint density at radius 2 is 1.77 bits per heavy atom. The summed E-state index contributed by atoms with van der Waals surface area (Å²) in [5.41, 5.74) is 4.14. The molecule has 2 rings (SSSR count). The molecule has 0 radical (unpaired) electrons. The molecule has 1 aromatic heterocycles. The second-order valence-corrected chi connectivity index (χ2v) is 6.26. The number of aromatic nitrogens is 1. The number of carbonyl (C=O) groups is 2. The van der Waals surface area contributed by atoms with Crippen LogP contribution in [0.2, 0.25) is 0 Å². The lowest BCUT2D eigenvalue weighted by molar-refractivity contribution is -0.129. The van der Waals surface area contributed by atoms with E-state index >= 15 is 0 Å². The molecule has 0 bridgehead atoms. The van der Waals surface area contributed by atoms with Crippen LogP contribution in [0.25, 0.3) is 0 Å². The van der Waals surface area contributed by atoms with Crippen LogP contribution in [0.3, 0.4) is 0 Å². The molecule has 0 aliphatic carbocycles. The zero-order chi connectivity index (χ0) is 18.9. The van der Waals surface area contributed by atoms with Gasteiger partial charge in [0.25, 0.3) is 0 Å². The van der Waals surface area contributed by atoms with E-state index in [1.807, 2.05) is 30.3 Å². The fourth-order valence-electron chi connectivity index (χ4n) is 2.90. The number of anilines is 1. The van der Waals surface area contributed by atoms with Crippen LogP contribution in [0.15, 0.2) is 42.7 Å². The van der Waals surface area contributed by atoms with Crippen LogP contribution in [0.5, 0.6) is 0 Å². The van der Waals surface area contributed by atoms with Crippen molar-refractivity contribution in [3.8, 4) is 0 Å². The summed E-state index contributed by atoms with van der Waals surface area (Å²) in [4.78, 5) is 30.1. The number of aryl methyl sites for hydroxylation is 2. The van der Waals surface area contributed by atoms with E-state index in [1.165, 1.54) is 6.92 Å². The van der Waals surface area contributed by atoms with Gasteiger partial charge in [0.05, 0.1) is 0 Å². The number of pyridine rings is 1. The molecule has 5 nitrogen and oxygen atoms in total. The number of benzene rings is 1. The van der Waals surface area contributed by atoms with Crippen molar-refractivity contribution in [2.75, 3.05) is 11.9 Å². The minimum atomic E-state index is -0.0713. The third-order valence-corrected chi connectivity index (χ3v) is 4.41. The highest BCUT2D eigenvalue weighted by Crippen LogP contribution is 2.22. The molecule has 0 fully saturated rings. The summed E-state index contributed by atoms with van der Waals surface area (Å²) in [6.45, 7) is 6.52. The standard InChI is InChI=1S/C21H27N3O2/c1-4-18-9-6-10-19(5-2)21(18)23-20(26)11-13-24(16(3)25)15-17-8-7-12-22-14-17/h6-10,12,14H,4-5,11,13,15H2,1-3H3,(H,23,26). The molecule has 0 saturated heterocycles. The summed E-state index contributed by atoms with van der Waals surface area (Å²) in [6, 6.07) is 9.87. The second kappa shape index (κ2) is 9.70. The predicted molar refractivity (Wildman–Crippen MR) is 104 cm³/mol. The number of nitrogens with zero attached hydrogens (tertiary/aromatic N) is 2. The third kappa shape index (κ3) is 5.41. The number of rotatable bonds is 8. The molecule has 0 aliphatic heterocycles. The van der Waals surface area contributed by atoms with Gasteiger partial charge in [0.2, 0.25) is 11.8 Å². The van der Waals surface area contributed by atoms with E-state index in [2.05, 4.69) is 24.1 Å². The maximum Gasteiger partial charge on any atom is 0.226 e. The third-order valence-electron chi connectivity index (χ3n) is 4.41. The van der Waals surface area contributed by atoms with Gasteiger partial charge in [0.15, 0.2) is 0 Å². The van der Waals surface area contributed by atoms with Crippen LogP contribution in [-0.2, 0) is 29.0 Å². The van der Waals surface area contributed by atoms with Crippen LogP contribution >= 0.6 is 0 Å². The van der Waals surface area contributed by atoms with Crippen molar-refractivity contribution >= 4 is 17.5 Å². The minimum Gasteiger partial charge on any atom is -0.338 e. The number of para-hydroxylation sites is 1. The van der Waals surface area contributed by atoms with Gasteiger partial charge >= 0.3 is 0 Å². The highest BCUT2D eigenvalue weighted by atomic mass is 16.2.